The van der Waals surface area contributed by atoms with E-state index in [-0.39, 0.29) is 0 Å². The van der Waals surface area contributed by atoms with Gasteiger partial charge in [0, 0.05) is 6.07 Å². The van der Waals surface area contributed by atoms with Crippen molar-refractivity contribution in [2.75, 3.05) is 6.61 Å². The predicted octanol–water partition coefficient (Wildman–Crippen LogP) is 3.19. The van der Waals surface area contributed by atoms with Crippen molar-refractivity contribution in [1.82, 2.24) is 0 Å². The van der Waals surface area contributed by atoms with Crippen LogP contribution in [0.15, 0.2) is 16.7 Å². The monoisotopic (exact) mass is 180 g/mol. The van der Waals surface area contributed by atoms with Gasteiger partial charge in [0.05, 0.1) is 12.9 Å². The largest absolute Gasteiger partial charge is 0.465 e. The Morgan fingerprint density at radius 3 is 2.85 bits per heavy atom. The highest BCUT2D eigenvalue weighted by molar-refractivity contribution is 5.19. The van der Waals surface area contributed by atoms with E-state index in [1.807, 2.05) is 6.07 Å². The summed E-state index contributed by atoms with van der Waals surface area (Å²) in [6, 6.07) is 1.99. The molecule has 2 nitrogen and oxygen atoms in total. The van der Waals surface area contributed by atoms with E-state index < -0.39 is 0 Å². The van der Waals surface area contributed by atoms with Crippen LogP contribution in [0.1, 0.15) is 38.2 Å². The highest BCUT2D eigenvalue weighted by Crippen LogP contribution is 2.30. The molecule has 72 valence electrons. The maximum Gasteiger partial charge on any atom is 0.284 e. The van der Waals surface area contributed by atoms with Gasteiger partial charge in [-0.05, 0) is 30.2 Å². The fourth-order valence-corrected chi connectivity index (χ4v) is 1.19. The highest BCUT2D eigenvalue weighted by Gasteiger charge is 2.22. The number of ether oxygens (including phenoxy) is 1. The van der Waals surface area contributed by atoms with Crippen molar-refractivity contribution in [1.29, 1.82) is 0 Å². The molecule has 0 unspecified atom stereocenters. The SMILES string of the molecule is CC(C)c1coc(OCC2CC2)c1. The van der Waals surface area contributed by atoms with Gasteiger partial charge in [0.15, 0.2) is 0 Å². The molecule has 1 aliphatic carbocycles. The quantitative estimate of drug-likeness (QED) is 0.710. The van der Waals surface area contributed by atoms with Crippen molar-refractivity contribution in [2.24, 2.45) is 5.92 Å². The van der Waals surface area contributed by atoms with Crippen LogP contribution in [-0.4, -0.2) is 6.61 Å². The molecule has 1 fully saturated rings. The van der Waals surface area contributed by atoms with Crippen molar-refractivity contribution in [3.05, 3.63) is 17.9 Å². The van der Waals surface area contributed by atoms with E-state index in [0.29, 0.717) is 11.9 Å². The minimum atomic E-state index is 0.516. The summed E-state index contributed by atoms with van der Waals surface area (Å²) in [6.07, 6.45) is 4.42. The van der Waals surface area contributed by atoms with E-state index in [4.69, 9.17) is 9.15 Å². The van der Waals surface area contributed by atoms with E-state index in [1.54, 1.807) is 6.26 Å². The topological polar surface area (TPSA) is 22.4 Å². The highest BCUT2D eigenvalue weighted by atomic mass is 16.6. The van der Waals surface area contributed by atoms with Gasteiger partial charge in [0.2, 0.25) is 0 Å². The van der Waals surface area contributed by atoms with Gasteiger partial charge in [0.1, 0.15) is 0 Å². The van der Waals surface area contributed by atoms with Gasteiger partial charge in [-0.25, -0.2) is 0 Å². The summed E-state index contributed by atoms with van der Waals surface area (Å²) in [5, 5.41) is 0. The summed E-state index contributed by atoms with van der Waals surface area (Å²) in [7, 11) is 0. The molecule has 1 heterocycles. The molecule has 0 bridgehead atoms. The second-order valence-electron chi connectivity index (χ2n) is 4.11. The van der Waals surface area contributed by atoms with Crippen molar-refractivity contribution >= 4 is 0 Å². The van der Waals surface area contributed by atoms with E-state index in [9.17, 15) is 0 Å². The Bertz CT molecular complexity index is 271. The summed E-state index contributed by atoms with van der Waals surface area (Å²) >= 11 is 0. The Kier molecular flexibility index (Phi) is 2.30. The summed E-state index contributed by atoms with van der Waals surface area (Å²) in [5.41, 5.74) is 1.21. The third-order valence-electron chi connectivity index (χ3n) is 2.42. The van der Waals surface area contributed by atoms with Crippen molar-refractivity contribution in [3.63, 3.8) is 0 Å². The minimum absolute atomic E-state index is 0.516. The van der Waals surface area contributed by atoms with E-state index in [1.165, 1.54) is 18.4 Å². The first-order chi connectivity index (χ1) is 6.25. The van der Waals surface area contributed by atoms with Crippen molar-refractivity contribution in [2.45, 2.75) is 32.6 Å². The number of hydrogen-bond acceptors (Lipinski definition) is 2. The molecular weight excluding hydrogens is 164 g/mol. The number of hydrogen-bond donors (Lipinski definition) is 0. The Labute approximate surface area is 78.9 Å². The fourth-order valence-electron chi connectivity index (χ4n) is 1.19. The van der Waals surface area contributed by atoms with Crippen LogP contribution in [0.4, 0.5) is 0 Å². The zero-order chi connectivity index (χ0) is 9.26. The van der Waals surface area contributed by atoms with E-state index in [0.717, 1.165) is 12.5 Å². The third kappa shape index (κ3) is 2.27. The molecule has 0 radical (unpaired) electrons. The van der Waals surface area contributed by atoms with E-state index >= 15 is 0 Å². The molecule has 2 heteroatoms. The standard InChI is InChI=1S/C11H16O2/c1-8(2)10-5-11(13-7-10)12-6-9-3-4-9/h5,7-9H,3-4,6H2,1-2H3. The van der Waals surface area contributed by atoms with Crippen LogP contribution in [0.5, 0.6) is 5.95 Å². The maximum atomic E-state index is 5.49. The Morgan fingerprint density at radius 2 is 2.31 bits per heavy atom. The number of furan rings is 1. The van der Waals surface area contributed by atoms with Crippen LogP contribution in [0.25, 0.3) is 0 Å². The van der Waals surface area contributed by atoms with Gasteiger partial charge in [-0.1, -0.05) is 13.8 Å². The molecule has 0 saturated heterocycles. The molecule has 0 amide bonds. The van der Waals surface area contributed by atoms with Crippen molar-refractivity contribution in [3.8, 4) is 5.95 Å². The zero-order valence-corrected chi connectivity index (χ0v) is 8.25. The van der Waals surface area contributed by atoms with Gasteiger partial charge in [0.25, 0.3) is 5.95 Å². The third-order valence-corrected chi connectivity index (χ3v) is 2.42. The first kappa shape index (κ1) is 8.67. The van der Waals surface area contributed by atoms with Gasteiger partial charge in [-0.3, -0.25) is 0 Å². The van der Waals surface area contributed by atoms with Crippen LogP contribution >= 0.6 is 0 Å². The minimum Gasteiger partial charge on any atom is -0.465 e. The van der Waals surface area contributed by atoms with Gasteiger partial charge >= 0.3 is 0 Å². The van der Waals surface area contributed by atoms with Gasteiger partial charge in [-0.2, -0.15) is 0 Å². The molecule has 1 aromatic rings. The lowest BCUT2D eigenvalue weighted by Gasteiger charge is -1.99. The summed E-state index contributed by atoms with van der Waals surface area (Å²) in [6.45, 7) is 5.12. The second kappa shape index (κ2) is 3.44. The Morgan fingerprint density at radius 1 is 1.54 bits per heavy atom. The molecule has 1 aliphatic rings. The zero-order valence-electron chi connectivity index (χ0n) is 8.25. The fraction of sp³-hybridized carbons (Fsp3) is 0.636. The molecular formula is C11H16O2. The molecule has 2 rings (SSSR count). The predicted molar refractivity (Wildman–Crippen MR) is 51.0 cm³/mol. The molecule has 1 saturated carbocycles. The molecule has 0 atom stereocenters. The van der Waals surface area contributed by atoms with Gasteiger partial charge in [-0.15, -0.1) is 0 Å². The van der Waals surface area contributed by atoms with Crippen LogP contribution in [0, 0.1) is 5.92 Å². The number of rotatable bonds is 4. The smallest absolute Gasteiger partial charge is 0.284 e. The molecule has 0 aliphatic heterocycles. The average Bonchev–Trinajstić information content (AvgIpc) is 2.79. The molecule has 13 heavy (non-hydrogen) atoms. The summed E-state index contributed by atoms with van der Waals surface area (Å²) in [5.74, 6) is 1.98. The van der Waals surface area contributed by atoms with Crippen LogP contribution in [0.3, 0.4) is 0 Å². The van der Waals surface area contributed by atoms with Crippen LogP contribution in [0.2, 0.25) is 0 Å². The lowest BCUT2D eigenvalue weighted by Crippen LogP contribution is -1.97. The molecule has 0 N–H and O–H groups in total. The molecule has 0 aromatic carbocycles. The van der Waals surface area contributed by atoms with Gasteiger partial charge < -0.3 is 9.15 Å². The Hall–Kier alpha value is -0.920. The first-order valence-electron chi connectivity index (χ1n) is 4.97. The lowest BCUT2D eigenvalue weighted by molar-refractivity contribution is 0.231. The van der Waals surface area contributed by atoms with Crippen molar-refractivity contribution < 1.29 is 9.15 Å². The lowest BCUT2D eigenvalue weighted by atomic mass is 10.1. The normalized spacial score (nSPS) is 16.5. The molecule has 1 aromatic heterocycles. The van der Waals surface area contributed by atoms with E-state index in [2.05, 4.69) is 13.8 Å². The maximum absolute atomic E-state index is 5.49. The Balaban J connectivity index is 1.88. The summed E-state index contributed by atoms with van der Waals surface area (Å²) < 4.78 is 10.8. The molecule has 0 spiro atoms. The second-order valence-corrected chi connectivity index (χ2v) is 4.11. The summed E-state index contributed by atoms with van der Waals surface area (Å²) in [4.78, 5) is 0. The first-order valence-corrected chi connectivity index (χ1v) is 4.97. The van der Waals surface area contributed by atoms with Crippen LogP contribution in [-0.2, 0) is 0 Å². The average molecular weight is 180 g/mol. The van der Waals surface area contributed by atoms with Crippen LogP contribution < -0.4 is 4.74 Å².